The number of rotatable bonds is 2. The first-order chi connectivity index (χ1) is 15.6. The third kappa shape index (κ3) is 3.22. The summed E-state index contributed by atoms with van der Waals surface area (Å²) in [6.45, 7) is 1.17. The average Bonchev–Trinajstić information content (AvgIpc) is 3.33. The lowest BCUT2D eigenvalue weighted by Gasteiger charge is -2.33. The molecule has 0 atom stereocenters. The van der Waals surface area contributed by atoms with Crippen molar-refractivity contribution in [2.45, 2.75) is 38.3 Å². The van der Waals surface area contributed by atoms with Crippen LogP contribution in [0.1, 0.15) is 31.2 Å². The van der Waals surface area contributed by atoms with Crippen LogP contribution in [0.4, 0.5) is 0 Å². The van der Waals surface area contributed by atoms with Gasteiger partial charge in [0.1, 0.15) is 23.6 Å². The monoisotopic (exact) mass is 449 g/mol. The predicted molar refractivity (Wildman–Crippen MR) is 122 cm³/mol. The quantitative estimate of drug-likeness (QED) is 0.386. The Morgan fingerprint density at radius 3 is 2.62 bits per heavy atom. The molecule has 2 aromatic heterocycles. The van der Waals surface area contributed by atoms with Crippen molar-refractivity contribution in [1.29, 1.82) is 0 Å². The van der Waals surface area contributed by atoms with Crippen molar-refractivity contribution < 1.29 is 13.6 Å². The number of benzene rings is 2. The van der Waals surface area contributed by atoms with Gasteiger partial charge >= 0.3 is 11.3 Å². The van der Waals surface area contributed by atoms with Crippen LogP contribution in [0.3, 0.4) is 0 Å². The van der Waals surface area contributed by atoms with Gasteiger partial charge in [0.25, 0.3) is 0 Å². The lowest BCUT2D eigenvalue weighted by molar-refractivity contribution is 0.0581. The smallest absolute Gasteiger partial charge is 0.344 e. The zero-order chi connectivity index (χ0) is 21.8. The molecule has 2 aromatic carbocycles. The van der Waals surface area contributed by atoms with Gasteiger partial charge in [-0.2, -0.15) is 0 Å². The Balaban J connectivity index is 1.54. The minimum Gasteiger partial charge on any atom is -0.478 e. The second-order valence-corrected chi connectivity index (χ2v) is 8.92. The molecule has 7 heteroatoms. The number of halogens is 1. The van der Waals surface area contributed by atoms with Crippen molar-refractivity contribution in [3.05, 3.63) is 73.9 Å². The lowest BCUT2D eigenvalue weighted by atomic mass is 9.99. The first-order valence-electron chi connectivity index (χ1n) is 10.8. The molecule has 1 saturated carbocycles. The van der Waals surface area contributed by atoms with E-state index in [4.69, 9.17) is 25.2 Å². The van der Waals surface area contributed by atoms with Crippen LogP contribution < -0.4 is 16.0 Å². The van der Waals surface area contributed by atoms with E-state index in [0.29, 0.717) is 63.2 Å². The minimum absolute atomic E-state index is 0.294. The summed E-state index contributed by atoms with van der Waals surface area (Å²) in [5, 5.41) is 1.89. The van der Waals surface area contributed by atoms with Crippen molar-refractivity contribution in [2.75, 3.05) is 6.73 Å². The zero-order valence-corrected chi connectivity index (χ0v) is 18.0. The van der Waals surface area contributed by atoms with Crippen molar-refractivity contribution in [1.82, 2.24) is 4.90 Å². The normalized spacial score (nSPS) is 17.0. The molecule has 2 aliphatic rings. The maximum absolute atomic E-state index is 12.8. The second-order valence-electron chi connectivity index (χ2n) is 8.49. The molecule has 0 spiro atoms. The number of fused-ring (bicyclic) bond motifs is 4. The first-order valence-corrected chi connectivity index (χ1v) is 11.1. The van der Waals surface area contributed by atoms with Crippen molar-refractivity contribution in [3.8, 4) is 16.9 Å². The summed E-state index contributed by atoms with van der Waals surface area (Å²) < 4.78 is 17.2. The minimum atomic E-state index is -0.524. The first kappa shape index (κ1) is 19.6. The average molecular weight is 450 g/mol. The van der Waals surface area contributed by atoms with Gasteiger partial charge in [0.2, 0.25) is 0 Å². The number of hydrogen-bond acceptors (Lipinski definition) is 6. The summed E-state index contributed by atoms with van der Waals surface area (Å²) in [5.41, 5.74) is 1.46. The predicted octanol–water partition coefficient (Wildman–Crippen LogP) is 5.31. The molecule has 3 heterocycles. The third-order valence-electron chi connectivity index (χ3n) is 6.55. The van der Waals surface area contributed by atoms with Crippen molar-refractivity contribution >= 4 is 33.5 Å². The summed E-state index contributed by atoms with van der Waals surface area (Å²) in [6, 6.07) is 12.3. The lowest BCUT2D eigenvalue weighted by Crippen LogP contribution is -2.39. The van der Waals surface area contributed by atoms with E-state index >= 15 is 0 Å². The molecule has 0 unspecified atom stereocenters. The molecule has 0 bridgehead atoms. The maximum atomic E-state index is 12.8. The maximum Gasteiger partial charge on any atom is 0.344 e. The molecule has 0 radical (unpaired) electrons. The van der Waals surface area contributed by atoms with Crippen LogP contribution in [-0.4, -0.2) is 17.7 Å². The summed E-state index contributed by atoms with van der Waals surface area (Å²) >= 11 is 6.12. The van der Waals surface area contributed by atoms with E-state index in [0.717, 1.165) is 18.4 Å². The summed E-state index contributed by atoms with van der Waals surface area (Å²) in [6.07, 6.45) is 4.76. The van der Waals surface area contributed by atoms with E-state index in [1.54, 1.807) is 24.3 Å². The van der Waals surface area contributed by atoms with E-state index in [1.165, 1.54) is 18.9 Å². The SMILES string of the molecule is O=c1cc(-c2cc3cc(Cl)ccc3oc2=O)c2ccc3c(c2o1)CN(C1CCCC1)CO3. The molecule has 1 aliphatic carbocycles. The van der Waals surface area contributed by atoms with Gasteiger partial charge < -0.3 is 13.6 Å². The molecule has 1 fully saturated rings. The van der Waals surface area contributed by atoms with Gasteiger partial charge in [0, 0.05) is 40.0 Å². The Labute approximate surface area is 188 Å². The third-order valence-corrected chi connectivity index (χ3v) is 6.78. The van der Waals surface area contributed by atoms with Gasteiger partial charge in [-0.15, -0.1) is 0 Å². The van der Waals surface area contributed by atoms with Gasteiger partial charge in [-0.25, -0.2) is 9.59 Å². The summed E-state index contributed by atoms with van der Waals surface area (Å²) in [7, 11) is 0. The highest BCUT2D eigenvalue weighted by molar-refractivity contribution is 6.31. The van der Waals surface area contributed by atoms with Gasteiger partial charge in [-0.05, 0) is 49.2 Å². The number of ether oxygens (including phenoxy) is 1. The molecule has 0 saturated heterocycles. The molecule has 32 heavy (non-hydrogen) atoms. The van der Waals surface area contributed by atoms with Crippen LogP contribution in [0.5, 0.6) is 5.75 Å². The second kappa shape index (κ2) is 7.50. The van der Waals surface area contributed by atoms with E-state index in [9.17, 15) is 9.59 Å². The molecule has 6 rings (SSSR count). The molecule has 0 N–H and O–H groups in total. The van der Waals surface area contributed by atoms with Crippen molar-refractivity contribution in [3.63, 3.8) is 0 Å². The molecule has 4 aromatic rings. The Hall–Kier alpha value is -3.09. The summed E-state index contributed by atoms with van der Waals surface area (Å²) in [4.78, 5) is 27.7. The topological polar surface area (TPSA) is 72.9 Å². The molecular weight excluding hydrogens is 430 g/mol. The van der Waals surface area contributed by atoms with Crippen LogP contribution >= 0.6 is 11.6 Å². The molecule has 6 nitrogen and oxygen atoms in total. The highest BCUT2D eigenvalue weighted by Gasteiger charge is 2.29. The zero-order valence-electron chi connectivity index (χ0n) is 17.2. The fourth-order valence-corrected chi connectivity index (χ4v) is 5.14. The Bertz CT molecular complexity index is 1480. The van der Waals surface area contributed by atoms with Gasteiger partial charge in [-0.1, -0.05) is 24.4 Å². The molecule has 1 aliphatic heterocycles. The Kier molecular flexibility index (Phi) is 4.59. The molecule has 0 amide bonds. The highest BCUT2D eigenvalue weighted by Crippen LogP contribution is 2.38. The largest absolute Gasteiger partial charge is 0.478 e. The van der Waals surface area contributed by atoms with Crippen LogP contribution in [-0.2, 0) is 6.54 Å². The number of nitrogens with zero attached hydrogens (tertiary/aromatic N) is 1. The van der Waals surface area contributed by atoms with Gasteiger partial charge in [0.15, 0.2) is 0 Å². The van der Waals surface area contributed by atoms with E-state index in [1.807, 2.05) is 12.1 Å². The Morgan fingerprint density at radius 1 is 0.938 bits per heavy atom. The van der Waals surface area contributed by atoms with Crippen LogP contribution in [0.25, 0.3) is 33.1 Å². The van der Waals surface area contributed by atoms with Crippen molar-refractivity contribution in [2.24, 2.45) is 0 Å². The van der Waals surface area contributed by atoms with E-state index in [2.05, 4.69) is 4.90 Å². The van der Waals surface area contributed by atoms with Crippen LogP contribution in [0.15, 0.2) is 60.9 Å². The van der Waals surface area contributed by atoms with Gasteiger partial charge in [-0.3, -0.25) is 4.90 Å². The van der Waals surface area contributed by atoms with E-state index in [-0.39, 0.29) is 0 Å². The highest BCUT2D eigenvalue weighted by atomic mass is 35.5. The number of hydrogen-bond donors (Lipinski definition) is 0. The molecule has 162 valence electrons. The summed E-state index contributed by atoms with van der Waals surface area (Å²) in [5.74, 6) is 0.712. The van der Waals surface area contributed by atoms with Crippen LogP contribution in [0, 0.1) is 0 Å². The molecular formula is C25H20ClNO5. The van der Waals surface area contributed by atoms with Gasteiger partial charge in [0.05, 0.1) is 11.1 Å². The van der Waals surface area contributed by atoms with E-state index < -0.39 is 11.3 Å². The Morgan fingerprint density at radius 2 is 1.78 bits per heavy atom. The fraction of sp³-hybridized carbons (Fsp3) is 0.280. The standard InChI is InChI=1S/C25H20ClNO5/c26-15-5-7-21-14(9-15)10-19(25(29)31-21)18-11-23(28)32-24-17(18)6-8-22-20(24)12-27(13-30-22)16-3-1-2-4-16/h5-11,16H,1-4,12-13H2. The van der Waals surface area contributed by atoms with Crippen LogP contribution in [0.2, 0.25) is 5.02 Å². The fourth-order valence-electron chi connectivity index (χ4n) is 4.96.